The summed E-state index contributed by atoms with van der Waals surface area (Å²) in [7, 11) is 0. The highest BCUT2D eigenvalue weighted by Crippen LogP contribution is 2.32. The lowest BCUT2D eigenvalue weighted by Gasteiger charge is -2.20. The topological polar surface area (TPSA) is 75.4 Å². The van der Waals surface area contributed by atoms with Gasteiger partial charge in [-0.15, -0.1) is 0 Å². The fraction of sp³-hybridized carbons (Fsp3) is 0.219. The lowest BCUT2D eigenvalue weighted by Crippen LogP contribution is -2.23. The molecule has 210 valence electrons. The first kappa shape index (κ1) is 27.8. The number of halogens is 2. The predicted octanol–water partition coefficient (Wildman–Crippen LogP) is 5.61. The Balaban J connectivity index is 1.39. The van der Waals surface area contributed by atoms with E-state index in [1.54, 1.807) is 58.7 Å². The molecule has 0 aliphatic heterocycles. The highest BCUT2D eigenvalue weighted by Gasteiger charge is 2.19. The zero-order valence-electron chi connectivity index (χ0n) is 22.7. The summed E-state index contributed by atoms with van der Waals surface area (Å²) >= 11 is 0. The molecule has 0 unspecified atom stereocenters. The van der Waals surface area contributed by atoms with Crippen LogP contribution in [0, 0.1) is 18.6 Å². The van der Waals surface area contributed by atoms with E-state index in [0.717, 1.165) is 22.2 Å². The summed E-state index contributed by atoms with van der Waals surface area (Å²) in [5.74, 6) is -0.216. The largest absolute Gasteiger partial charge is 0.489 e. The first-order valence-corrected chi connectivity index (χ1v) is 13.3. The molecule has 9 heteroatoms. The first-order valence-electron chi connectivity index (χ1n) is 13.3. The summed E-state index contributed by atoms with van der Waals surface area (Å²) in [4.78, 5) is 29.4. The van der Waals surface area contributed by atoms with E-state index in [1.165, 1.54) is 30.3 Å². The molecule has 0 saturated heterocycles. The molecule has 7 nitrogen and oxygen atoms in total. The number of fused-ring (bicyclic) bond motifs is 1. The Morgan fingerprint density at radius 2 is 1.54 bits per heavy atom. The van der Waals surface area contributed by atoms with Gasteiger partial charge in [-0.25, -0.2) is 13.8 Å². The molecule has 41 heavy (non-hydrogen) atoms. The minimum Gasteiger partial charge on any atom is -0.489 e. The van der Waals surface area contributed by atoms with E-state index in [4.69, 9.17) is 9.47 Å². The number of benzene rings is 3. The zero-order chi connectivity index (χ0) is 28.9. The molecule has 5 rings (SSSR count). The molecule has 0 N–H and O–H groups in total. The Labute approximate surface area is 235 Å². The number of carbonyl (C=O) groups is 1. The molecule has 2 aromatic heterocycles. The summed E-state index contributed by atoms with van der Waals surface area (Å²) in [5.41, 5.74) is 3.55. The van der Waals surface area contributed by atoms with Crippen LogP contribution in [0.3, 0.4) is 0 Å². The molecule has 0 atom stereocenters. The quantitative estimate of drug-likeness (QED) is 0.209. The number of aromatic nitrogens is 3. The van der Waals surface area contributed by atoms with Crippen LogP contribution in [0.4, 0.5) is 8.78 Å². The van der Waals surface area contributed by atoms with Crippen molar-refractivity contribution in [2.45, 2.75) is 32.9 Å². The molecule has 3 aromatic carbocycles. The number of para-hydroxylation sites is 1. The van der Waals surface area contributed by atoms with E-state index >= 15 is 0 Å². The fourth-order valence-electron chi connectivity index (χ4n) is 4.93. The maximum atomic E-state index is 13.7. The highest BCUT2D eigenvalue weighted by atomic mass is 19.1. The van der Waals surface area contributed by atoms with E-state index in [9.17, 15) is 18.4 Å². The summed E-state index contributed by atoms with van der Waals surface area (Å²) in [6, 6.07) is 21.0. The molecule has 0 amide bonds. The fourth-order valence-corrected chi connectivity index (χ4v) is 4.93. The van der Waals surface area contributed by atoms with Crippen molar-refractivity contribution in [1.82, 2.24) is 14.1 Å². The van der Waals surface area contributed by atoms with Crippen LogP contribution in [0.2, 0.25) is 0 Å². The number of aryl methyl sites for hydroxylation is 1. The minimum atomic E-state index is -0.357. The smallest absolute Gasteiger partial charge is 0.326 e. The predicted molar refractivity (Wildman–Crippen MR) is 151 cm³/mol. The lowest BCUT2D eigenvalue weighted by atomic mass is 9.86. The van der Waals surface area contributed by atoms with Crippen molar-refractivity contribution < 1.29 is 23.0 Å². The molecule has 5 aromatic rings. The Morgan fingerprint density at radius 1 is 0.902 bits per heavy atom. The molecule has 0 saturated carbocycles. The second-order valence-corrected chi connectivity index (χ2v) is 9.55. The van der Waals surface area contributed by atoms with E-state index in [2.05, 4.69) is 4.98 Å². The van der Waals surface area contributed by atoms with Crippen molar-refractivity contribution in [2.75, 3.05) is 13.2 Å². The van der Waals surface area contributed by atoms with Crippen LogP contribution in [-0.4, -0.2) is 33.3 Å². The van der Waals surface area contributed by atoms with Crippen molar-refractivity contribution in [3.8, 4) is 5.75 Å². The van der Waals surface area contributed by atoms with Gasteiger partial charge in [0.15, 0.2) is 0 Å². The Morgan fingerprint density at radius 3 is 2.17 bits per heavy atom. The van der Waals surface area contributed by atoms with Gasteiger partial charge >= 0.3 is 5.97 Å². The van der Waals surface area contributed by atoms with Gasteiger partial charge in [-0.2, -0.15) is 0 Å². The minimum absolute atomic E-state index is 0.0467. The van der Waals surface area contributed by atoms with Crippen LogP contribution in [0.5, 0.6) is 5.75 Å². The van der Waals surface area contributed by atoms with E-state index in [1.807, 2.05) is 19.1 Å². The number of rotatable bonds is 10. The maximum Gasteiger partial charge on any atom is 0.326 e. The molecule has 2 heterocycles. The van der Waals surface area contributed by atoms with Crippen LogP contribution in [0.25, 0.3) is 11.0 Å². The van der Waals surface area contributed by atoms with Gasteiger partial charge in [-0.1, -0.05) is 36.4 Å². The monoisotopic (exact) mass is 557 g/mol. The van der Waals surface area contributed by atoms with Gasteiger partial charge in [0.05, 0.1) is 18.7 Å². The molecule has 0 spiro atoms. The Bertz CT molecular complexity index is 1680. The number of pyridine rings is 1. The number of nitrogens with zero attached hydrogens (tertiary/aromatic N) is 3. The first-order chi connectivity index (χ1) is 19.8. The maximum absolute atomic E-state index is 13.7. The molecule has 0 aliphatic carbocycles. The summed E-state index contributed by atoms with van der Waals surface area (Å²) < 4.78 is 41.8. The summed E-state index contributed by atoms with van der Waals surface area (Å²) in [5, 5.41) is 0. The van der Waals surface area contributed by atoms with Gasteiger partial charge < -0.3 is 18.6 Å². The number of hydrogen-bond acceptors (Lipinski definition) is 5. The van der Waals surface area contributed by atoms with Crippen LogP contribution in [0.15, 0.2) is 89.9 Å². The standard InChI is InChI=1S/C32H29F2N3O4/c1-3-40-30(39)20-37-21(2)35-32-27(37)5-4-6-28(32)41-18-17-36-19-24(11-16-29(36)38)31(22-7-12-25(33)13-8-22)23-9-14-26(34)15-10-23/h4-16,19,31H,3,17-18,20H2,1-2H3. The average molecular weight is 558 g/mol. The van der Waals surface area contributed by atoms with Gasteiger partial charge in [-0.3, -0.25) is 9.59 Å². The van der Waals surface area contributed by atoms with Gasteiger partial charge in [0.25, 0.3) is 5.56 Å². The van der Waals surface area contributed by atoms with Gasteiger partial charge in [0.1, 0.15) is 41.9 Å². The number of esters is 1. The molecule has 0 radical (unpaired) electrons. The Kier molecular flexibility index (Phi) is 8.24. The number of hydrogen-bond donors (Lipinski definition) is 0. The van der Waals surface area contributed by atoms with Gasteiger partial charge in [-0.05, 0) is 66.9 Å². The number of carbonyl (C=O) groups excluding carboxylic acids is 1. The second-order valence-electron chi connectivity index (χ2n) is 9.55. The molecule has 0 bridgehead atoms. The van der Waals surface area contributed by atoms with Gasteiger partial charge in [0.2, 0.25) is 0 Å². The highest BCUT2D eigenvalue weighted by molar-refractivity contribution is 5.84. The average Bonchev–Trinajstić information content (AvgIpc) is 3.28. The third kappa shape index (κ3) is 6.19. The molecule has 0 aliphatic rings. The summed E-state index contributed by atoms with van der Waals surface area (Å²) in [6.07, 6.45) is 1.75. The number of ether oxygens (including phenoxy) is 2. The van der Waals surface area contributed by atoms with Crippen molar-refractivity contribution in [3.63, 3.8) is 0 Å². The van der Waals surface area contributed by atoms with Crippen molar-refractivity contribution in [2.24, 2.45) is 0 Å². The van der Waals surface area contributed by atoms with Crippen LogP contribution in [0.1, 0.15) is 35.4 Å². The van der Waals surface area contributed by atoms with Crippen LogP contribution < -0.4 is 10.3 Å². The second kappa shape index (κ2) is 12.2. The SMILES string of the molecule is CCOC(=O)Cn1c(C)nc2c(OCCn3cc(C(c4ccc(F)cc4)c4ccc(F)cc4)ccc3=O)cccc21. The molecular weight excluding hydrogens is 528 g/mol. The number of imidazole rings is 1. The van der Waals surface area contributed by atoms with E-state index in [-0.39, 0.29) is 48.8 Å². The van der Waals surface area contributed by atoms with Crippen LogP contribution >= 0.6 is 0 Å². The van der Waals surface area contributed by atoms with Gasteiger partial charge in [0, 0.05) is 18.2 Å². The van der Waals surface area contributed by atoms with Crippen molar-refractivity contribution >= 4 is 17.0 Å². The van der Waals surface area contributed by atoms with E-state index < -0.39 is 0 Å². The molecular formula is C32H29F2N3O4. The van der Waals surface area contributed by atoms with Crippen molar-refractivity contribution in [3.05, 3.63) is 130 Å². The normalized spacial score (nSPS) is 11.2. The zero-order valence-corrected chi connectivity index (χ0v) is 22.7. The lowest BCUT2D eigenvalue weighted by molar-refractivity contribution is -0.143. The summed E-state index contributed by atoms with van der Waals surface area (Å²) in [6.45, 7) is 4.36. The third-order valence-electron chi connectivity index (χ3n) is 6.86. The third-order valence-corrected chi connectivity index (χ3v) is 6.86. The van der Waals surface area contributed by atoms with Crippen LogP contribution in [-0.2, 0) is 22.6 Å². The Hall–Kier alpha value is -4.79. The van der Waals surface area contributed by atoms with Crippen molar-refractivity contribution in [1.29, 1.82) is 0 Å². The van der Waals surface area contributed by atoms with E-state index in [0.29, 0.717) is 23.7 Å². The molecule has 0 fully saturated rings.